The standard InChI is InChI=1S/C15H24N2OS/c1-4-19-10-6-9-16-13-7-5-8-14(11-13)17-15(18)12(2)3/h5,7-8,11-12,16H,4,6,9-10H2,1-3H3,(H,17,18). The minimum Gasteiger partial charge on any atom is -0.385 e. The van der Waals surface area contributed by atoms with E-state index in [1.807, 2.05) is 49.9 Å². The highest BCUT2D eigenvalue weighted by atomic mass is 32.2. The molecule has 0 radical (unpaired) electrons. The summed E-state index contributed by atoms with van der Waals surface area (Å²) in [6, 6.07) is 7.88. The minimum atomic E-state index is 0.00249. The summed E-state index contributed by atoms with van der Waals surface area (Å²) in [7, 11) is 0. The monoisotopic (exact) mass is 280 g/mol. The predicted octanol–water partition coefficient (Wildman–Crippen LogP) is 3.84. The summed E-state index contributed by atoms with van der Waals surface area (Å²) in [6.45, 7) is 6.93. The van der Waals surface area contributed by atoms with Crippen molar-refractivity contribution in [1.82, 2.24) is 0 Å². The van der Waals surface area contributed by atoms with Crippen molar-refractivity contribution < 1.29 is 4.79 Å². The number of nitrogens with one attached hydrogen (secondary N) is 2. The van der Waals surface area contributed by atoms with E-state index in [-0.39, 0.29) is 11.8 Å². The second kappa shape index (κ2) is 8.86. The van der Waals surface area contributed by atoms with Crippen molar-refractivity contribution in [3.63, 3.8) is 0 Å². The number of carbonyl (C=O) groups is 1. The molecule has 0 heterocycles. The van der Waals surface area contributed by atoms with E-state index in [2.05, 4.69) is 17.6 Å². The number of amides is 1. The van der Waals surface area contributed by atoms with Gasteiger partial charge in [0.15, 0.2) is 0 Å². The van der Waals surface area contributed by atoms with Gasteiger partial charge < -0.3 is 10.6 Å². The largest absolute Gasteiger partial charge is 0.385 e. The lowest BCUT2D eigenvalue weighted by atomic mass is 10.2. The third-order valence-electron chi connectivity index (χ3n) is 2.65. The van der Waals surface area contributed by atoms with Gasteiger partial charge in [0.2, 0.25) is 5.91 Å². The SMILES string of the molecule is CCSCCCNc1cccc(NC(=O)C(C)C)c1. The number of carbonyl (C=O) groups excluding carboxylic acids is 1. The zero-order valence-corrected chi connectivity index (χ0v) is 12.8. The van der Waals surface area contributed by atoms with Crippen LogP contribution in [0.2, 0.25) is 0 Å². The van der Waals surface area contributed by atoms with Crippen LogP contribution in [0.1, 0.15) is 27.2 Å². The van der Waals surface area contributed by atoms with E-state index in [4.69, 9.17) is 0 Å². The molecule has 1 aromatic carbocycles. The van der Waals surface area contributed by atoms with Crippen LogP contribution in [0.4, 0.5) is 11.4 Å². The first kappa shape index (κ1) is 15.9. The smallest absolute Gasteiger partial charge is 0.226 e. The summed E-state index contributed by atoms with van der Waals surface area (Å²) >= 11 is 1.96. The van der Waals surface area contributed by atoms with E-state index >= 15 is 0 Å². The fourth-order valence-corrected chi connectivity index (χ4v) is 2.18. The van der Waals surface area contributed by atoms with Gasteiger partial charge in [0.1, 0.15) is 0 Å². The Balaban J connectivity index is 2.41. The molecule has 0 atom stereocenters. The molecule has 0 aliphatic carbocycles. The first-order chi connectivity index (χ1) is 9.13. The maximum absolute atomic E-state index is 11.6. The molecule has 1 amide bonds. The topological polar surface area (TPSA) is 41.1 Å². The molecule has 0 aromatic heterocycles. The highest BCUT2D eigenvalue weighted by Gasteiger charge is 2.06. The van der Waals surface area contributed by atoms with Crippen LogP contribution < -0.4 is 10.6 Å². The van der Waals surface area contributed by atoms with Crippen molar-refractivity contribution in [3.8, 4) is 0 Å². The van der Waals surface area contributed by atoms with Crippen LogP contribution in [0.3, 0.4) is 0 Å². The molecule has 3 nitrogen and oxygen atoms in total. The Bertz CT molecular complexity index is 393. The minimum absolute atomic E-state index is 0.00249. The van der Waals surface area contributed by atoms with Crippen molar-refractivity contribution in [2.45, 2.75) is 27.2 Å². The number of thioether (sulfide) groups is 1. The summed E-state index contributed by atoms with van der Waals surface area (Å²) in [5.74, 6) is 2.42. The third-order valence-corrected chi connectivity index (χ3v) is 3.64. The Hall–Kier alpha value is -1.16. The van der Waals surface area contributed by atoms with Crippen molar-refractivity contribution >= 4 is 29.0 Å². The molecule has 0 saturated carbocycles. The fraction of sp³-hybridized carbons (Fsp3) is 0.533. The van der Waals surface area contributed by atoms with Crippen LogP contribution in [-0.4, -0.2) is 24.0 Å². The first-order valence-corrected chi connectivity index (χ1v) is 8.01. The molecular formula is C15H24N2OS. The van der Waals surface area contributed by atoms with E-state index in [1.54, 1.807) is 0 Å². The van der Waals surface area contributed by atoms with Crippen LogP contribution in [-0.2, 0) is 4.79 Å². The maximum Gasteiger partial charge on any atom is 0.226 e. The zero-order chi connectivity index (χ0) is 14.1. The molecule has 0 aliphatic heterocycles. The molecule has 106 valence electrons. The Morgan fingerprint density at radius 1 is 1.32 bits per heavy atom. The molecule has 0 bridgehead atoms. The molecule has 4 heteroatoms. The molecular weight excluding hydrogens is 256 g/mol. The van der Waals surface area contributed by atoms with Gasteiger partial charge in [-0.2, -0.15) is 11.8 Å². The summed E-state index contributed by atoms with van der Waals surface area (Å²) < 4.78 is 0. The normalized spacial score (nSPS) is 10.5. The van der Waals surface area contributed by atoms with Gasteiger partial charge in [-0.15, -0.1) is 0 Å². The summed E-state index contributed by atoms with van der Waals surface area (Å²) in [6.07, 6.45) is 1.15. The summed E-state index contributed by atoms with van der Waals surface area (Å²) in [5, 5.41) is 6.29. The first-order valence-electron chi connectivity index (χ1n) is 6.86. The lowest BCUT2D eigenvalue weighted by molar-refractivity contribution is -0.118. The van der Waals surface area contributed by atoms with E-state index in [1.165, 1.54) is 11.5 Å². The number of hydrogen-bond acceptors (Lipinski definition) is 3. The average molecular weight is 280 g/mol. The second-order valence-corrected chi connectivity index (χ2v) is 6.10. The van der Waals surface area contributed by atoms with Crippen LogP contribution in [0.5, 0.6) is 0 Å². The molecule has 1 rings (SSSR count). The van der Waals surface area contributed by atoms with E-state index < -0.39 is 0 Å². The summed E-state index contributed by atoms with van der Waals surface area (Å²) in [4.78, 5) is 11.6. The van der Waals surface area contributed by atoms with Crippen molar-refractivity contribution in [2.24, 2.45) is 5.92 Å². The van der Waals surface area contributed by atoms with E-state index in [0.717, 1.165) is 24.3 Å². The average Bonchev–Trinajstić information content (AvgIpc) is 2.39. The molecule has 0 saturated heterocycles. The maximum atomic E-state index is 11.6. The number of rotatable bonds is 8. The molecule has 0 fully saturated rings. The van der Waals surface area contributed by atoms with Gasteiger partial charge in [0, 0.05) is 23.8 Å². The van der Waals surface area contributed by atoms with Gasteiger partial charge in [-0.1, -0.05) is 26.8 Å². The van der Waals surface area contributed by atoms with Crippen LogP contribution >= 0.6 is 11.8 Å². The lowest BCUT2D eigenvalue weighted by Crippen LogP contribution is -2.17. The Labute approximate surface area is 120 Å². The van der Waals surface area contributed by atoms with Gasteiger partial charge in [-0.3, -0.25) is 4.79 Å². The number of benzene rings is 1. The number of hydrogen-bond donors (Lipinski definition) is 2. The highest BCUT2D eigenvalue weighted by molar-refractivity contribution is 7.99. The van der Waals surface area contributed by atoms with Crippen LogP contribution in [0.15, 0.2) is 24.3 Å². The van der Waals surface area contributed by atoms with Crippen LogP contribution in [0.25, 0.3) is 0 Å². The second-order valence-electron chi connectivity index (χ2n) is 4.70. The van der Waals surface area contributed by atoms with E-state index in [9.17, 15) is 4.79 Å². The lowest BCUT2D eigenvalue weighted by Gasteiger charge is -2.10. The third kappa shape index (κ3) is 6.53. The van der Waals surface area contributed by atoms with Gasteiger partial charge >= 0.3 is 0 Å². The van der Waals surface area contributed by atoms with Crippen molar-refractivity contribution in [2.75, 3.05) is 28.7 Å². The van der Waals surface area contributed by atoms with Crippen molar-refractivity contribution in [1.29, 1.82) is 0 Å². The zero-order valence-electron chi connectivity index (χ0n) is 12.0. The quantitative estimate of drug-likeness (QED) is 0.711. The Morgan fingerprint density at radius 3 is 2.74 bits per heavy atom. The fourth-order valence-electron chi connectivity index (χ4n) is 1.54. The molecule has 0 aliphatic rings. The highest BCUT2D eigenvalue weighted by Crippen LogP contribution is 2.16. The molecule has 0 unspecified atom stereocenters. The van der Waals surface area contributed by atoms with Crippen molar-refractivity contribution in [3.05, 3.63) is 24.3 Å². The summed E-state index contributed by atoms with van der Waals surface area (Å²) in [5.41, 5.74) is 1.91. The van der Waals surface area contributed by atoms with Gasteiger partial charge in [0.25, 0.3) is 0 Å². The molecule has 1 aromatic rings. The van der Waals surface area contributed by atoms with Gasteiger partial charge in [0.05, 0.1) is 0 Å². The van der Waals surface area contributed by atoms with Crippen LogP contribution in [0, 0.1) is 5.92 Å². The molecule has 2 N–H and O–H groups in total. The van der Waals surface area contributed by atoms with Gasteiger partial charge in [-0.05, 0) is 36.1 Å². The molecule has 19 heavy (non-hydrogen) atoms. The van der Waals surface area contributed by atoms with Gasteiger partial charge in [-0.25, -0.2) is 0 Å². The Morgan fingerprint density at radius 2 is 2.05 bits per heavy atom. The Kier molecular flexibility index (Phi) is 7.41. The predicted molar refractivity (Wildman–Crippen MR) is 86.0 cm³/mol. The number of anilines is 2. The molecule has 0 spiro atoms. The van der Waals surface area contributed by atoms with E-state index in [0.29, 0.717) is 0 Å².